The van der Waals surface area contributed by atoms with Gasteiger partial charge in [0, 0.05) is 23.9 Å². The van der Waals surface area contributed by atoms with E-state index in [1.54, 1.807) is 6.07 Å². The predicted octanol–water partition coefficient (Wildman–Crippen LogP) is 1.04. The summed E-state index contributed by atoms with van der Waals surface area (Å²) in [5.74, 6) is 6.02. The molecule has 0 unspecified atom stereocenters. The van der Waals surface area contributed by atoms with Crippen LogP contribution in [-0.2, 0) is 0 Å². The highest BCUT2D eigenvalue weighted by Gasteiger charge is 1.90. The zero-order valence-electron chi connectivity index (χ0n) is 6.86. The number of aromatic nitrogens is 2. The Morgan fingerprint density at radius 2 is 2.62 bits per heavy atom. The summed E-state index contributed by atoms with van der Waals surface area (Å²) >= 11 is 0. The number of hydrogen-bond acceptors (Lipinski definition) is 3. The third kappa shape index (κ3) is 3.18. The molecule has 6 heteroatoms. The second-order valence-electron chi connectivity index (χ2n) is 2.21. The fourth-order valence-electron chi connectivity index (χ4n) is 0.710. The van der Waals surface area contributed by atoms with Crippen LogP contribution in [0.5, 0.6) is 0 Å². The van der Waals surface area contributed by atoms with Gasteiger partial charge in [0.2, 0.25) is 0 Å². The number of rotatable bonds is 2. The third-order valence-electron chi connectivity index (χ3n) is 1.22. The smallest absolute Gasteiger partial charge is 0.146 e. The zero-order valence-corrected chi connectivity index (χ0v) is 6.86. The van der Waals surface area contributed by atoms with Crippen LogP contribution in [0.2, 0.25) is 0 Å². The van der Waals surface area contributed by atoms with Crippen LogP contribution in [0.3, 0.4) is 0 Å². The topological polar surface area (TPSA) is 103 Å². The van der Waals surface area contributed by atoms with Gasteiger partial charge in [0.15, 0.2) is 0 Å². The van der Waals surface area contributed by atoms with Gasteiger partial charge < -0.3 is 5.73 Å². The van der Waals surface area contributed by atoms with Gasteiger partial charge in [-0.15, -0.1) is 0 Å². The van der Waals surface area contributed by atoms with Gasteiger partial charge in [0.1, 0.15) is 11.5 Å². The predicted molar refractivity (Wildman–Crippen MR) is 48.5 cm³/mol. The van der Waals surface area contributed by atoms with Crippen LogP contribution in [0.15, 0.2) is 11.2 Å². The SMILES string of the molecule is [N-]=[N+]=NCCC#Cc1cc(N)n[nH]1. The van der Waals surface area contributed by atoms with Gasteiger partial charge in [-0.1, -0.05) is 11.0 Å². The van der Waals surface area contributed by atoms with Crippen LogP contribution >= 0.6 is 0 Å². The average Bonchev–Trinajstić information content (AvgIpc) is 2.51. The van der Waals surface area contributed by atoms with Crippen molar-refractivity contribution in [3.63, 3.8) is 0 Å². The summed E-state index contributed by atoms with van der Waals surface area (Å²) in [5, 5.41) is 9.68. The van der Waals surface area contributed by atoms with Crippen LogP contribution in [0, 0.1) is 11.8 Å². The Morgan fingerprint density at radius 3 is 3.23 bits per heavy atom. The standard InChI is InChI=1S/C7H8N6/c8-7-5-6(11-12-7)3-1-2-4-10-13-9/h5H,2,4H2,(H3,8,11,12). The van der Waals surface area contributed by atoms with E-state index in [9.17, 15) is 0 Å². The molecule has 13 heavy (non-hydrogen) atoms. The van der Waals surface area contributed by atoms with Crippen molar-refractivity contribution in [2.24, 2.45) is 5.11 Å². The van der Waals surface area contributed by atoms with E-state index in [4.69, 9.17) is 11.3 Å². The van der Waals surface area contributed by atoms with Gasteiger partial charge in [0.05, 0.1) is 0 Å². The first-order valence-corrected chi connectivity index (χ1v) is 3.63. The normalized spacial score (nSPS) is 8.31. The Kier molecular flexibility index (Phi) is 3.24. The van der Waals surface area contributed by atoms with Crippen LogP contribution in [0.25, 0.3) is 10.4 Å². The molecule has 0 spiro atoms. The Hall–Kier alpha value is -2.12. The van der Waals surface area contributed by atoms with Gasteiger partial charge >= 0.3 is 0 Å². The summed E-state index contributed by atoms with van der Waals surface area (Å²) in [6.07, 6.45) is 0.531. The van der Waals surface area contributed by atoms with E-state index in [0.717, 1.165) is 0 Å². The van der Waals surface area contributed by atoms with E-state index in [2.05, 4.69) is 32.1 Å². The molecule has 1 heterocycles. The molecule has 3 N–H and O–H groups in total. The van der Waals surface area contributed by atoms with Crippen molar-refractivity contribution in [2.75, 3.05) is 12.3 Å². The Morgan fingerprint density at radius 1 is 1.77 bits per heavy atom. The largest absolute Gasteiger partial charge is 0.382 e. The van der Waals surface area contributed by atoms with Crippen LogP contribution in [-0.4, -0.2) is 16.7 Å². The summed E-state index contributed by atoms with van der Waals surface area (Å²) in [4.78, 5) is 2.60. The number of anilines is 1. The molecule has 0 amide bonds. The van der Waals surface area contributed by atoms with Gasteiger partial charge in [-0.2, -0.15) is 5.10 Å². The molecule has 0 aromatic carbocycles. The lowest BCUT2D eigenvalue weighted by atomic mass is 10.3. The first kappa shape index (κ1) is 8.97. The molecule has 0 radical (unpaired) electrons. The molecular formula is C7H8N6. The minimum Gasteiger partial charge on any atom is -0.382 e. The molecule has 0 fully saturated rings. The van der Waals surface area contributed by atoms with Crippen molar-refractivity contribution in [3.05, 3.63) is 22.2 Å². The molecule has 1 aromatic heterocycles. The van der Waals surface area contributed by atoms with E-state index in [-0.39, 0.29) is 0 Å². The number of nitrogens with zero attached hydrogens (tertiary/aromatic N) is 4. The van der Waals surface area contributed by atoms with Gasteiger partial charge in [0.25, 0.3) is 0 Å². The number of nitrogen functional groups attached to an aromatic ring is 1. The number of nitrogens with one attached hydrogen (secondary N) is 1. The highest BCUT2D eigenvalue weighted by Crippen LogP contribution is 1.97. The number of nitrogens with two attached hydrogens (primary N) is 1. The average molecular weight is 176 g/mol. The summed E-state index contributed by atoms with van der Waals surface area (Å²) in [6, 6.07) is 1.64. The lowest BCUT2D eigenvalue weighted by molar-refractivity contribution is 1.01. The molecule has 0 saturated carbocycles. The maximum Gasteiger partial charge on any atom is 0.146 e. The van der Waals surface area contributed by atoms with Gasteiger partial charge in [-0.3, -0.25) is 5.10 Å². The summed E-state index contributed by atoms with van der Waals surface area (Å²) in [6.45, 7) is 0.382. The van der Waals surface area contributed by atoms with E-state index in [1.165, 1.54) is 0 Å². The van der Waals surface area contributed by atoms with Crippen LogP contribution < -0.4 is 5.73 Å². The number of aromatic amines is 1. The van der Waals surface area contributed by atoms with Crippen molar-refractivity contribution in [3.8, 4) is 11.8 Å². The molecule has 66 valence electrons. The molecule has 6 nitrogen and oxygen atoms in total. The van der Waals surface area contributed by atoms with Crippen LogP contribution in [0.1, 0.15) is 12.1 Å². The van der Waals surface area contributed by atoms with Gasteiger partial charge in [-0.25, -0.2) is 0 Å². The molecule has 1 aromatic rings. The zero-order chi connectivity index (χ0) is 9.52. The molecule has 0 aliphatic heterocycles. The molecule has 0 aliphatic rings. The minimum atomic E-state index is 0.382. The molecule has 0 saturated heterocycles. The van der Waals surface area contributed by atoms with Crippen molar-refractivity contribution in [2.45, 2.75) is 6.42 Å². The number of azide groups is 1. The minimum absolute atomic E-state index is 0.382. The molecule has 0 bridgehead atoms. The number of hydrogen-bond donors (Lipinski definition) is 2. The van der Waals surface area contributed by atoms with Crippen molar-refractivity contribution in [1.82, 2.24) is 10.2 Å². The lowest BCUT2D eigenvalue weighted by Crippen LogP contribution is -1.81. The fraction of sp³-hybridized carbons (Fsp3) is 0.286. The second-order valence-corrected chi connectivity index (χ2v) is 2.21. The fourth-order valence-corrected chi connectivity index (χ4v) is 0.710. The summed E-state index contributed by atoms with van der Waals surface area (Å²) in [7, 11) is 0. The number of H-pyrrole nitrogens is 1. The van der Waals surface area contributed by atoms with E-state index in [0.29, 0.717) is 24.5 Å². The monoisotopic (exact) mass is 176 g/mol. The van der Waals surface area contributed by atoms with E-state index < -0.39 is 0 Å². The highest BCUT2D eigenvalue weighted by molar-refractivity contribution is 5.37. The van der Waals surface area contributed by atoms with Crippen molar-refractivity contribution >= 4 is 5.82 Å². The first-order valence-electron chi connectivity index (χ1n) is 3.63. The van der Waals surface area contributed by atoms with E-state index in [1.807, 2.05) is 0 Å². The van der Waals surface area contributed by atoms with E-state index >= 15 is 0 Å². The van der Waals surface area contributed by atoms with Crippen molar-refractivity contribution in [1.29, 1.82) is 0 Å². The maximum atomic E-state index is 7.96. The second kappa shape index (κ2) is 4.70. The first-order chi connectivity index (χ1) is 6.33. The molecule has 0 atom stereocenters. The quantitative estimate of drug-likeness (QED) is 0.231. The Balaban J connectivity index is 2.43. The van der Waals surface area contributed by atoms with Crippen LogP contribution in [0.4, 0.5) is 5.82 Å². The molecule has 1 rings (SSSR count). The maximum absolute atomic E-state index is 7.96. The van der Waals surface area contributed by atoms with Gasteiger partial charge in [-0.05, 0) is 11.5 Å². The highest BCUT2D eigenvalue weighted by atomic mass is 15.1. The molecule has 0 aliphatic carbocycles. The van der Waals surface area contributed by atoms with Crippen molar-refractivity contribution < 1.29 is 0 Å². The summed E-state index contributed by atoms with van der Waals surface area (Å²) < 4.78 is 0. The Labute approximate surface area is 74.8 Å². The third-order valence-corrected chi connectivity index (χ3v) is 1.22. The summed E-state index contributed by atoms with van der Waals surface area (Å²) in [5.41, 5.74) is 14.0. The Bertz CT molecular complexity index is 375. The lowest BCUT2D eigenvalue weighted by Gasteiger charge is -1.78. The molecular weight excluding hydrogens is 168 g/mol.